The first-order valence-corrected chi connectivity index (χ1v) is 8.29. The second kappa shape index (κ2) is 7.77. The van der Waals surface area contributed by atoms with Gasteiger partial charge in [0.1, 0.15) is 0 Å². The van der Waals surface area contributed by atoms with Crippen LogP contribution >= 0.6 is 0 Å². The SMILES string of the molecule is O=C1c2ccccc2C(=O)N1CCCCOS(=O)([O-])=S.[Na+]. The molecule has 0 bridgehead atoms. The third-order valence-corrected chi connectivity index (χ3v) is 3.63. The average molecular weight is 337 g/mol. The van der Waals surface area contributed by atoms with Crippen molar-refractivity contribution in [3.63, 3.8) is 0 Å². The van der Waals surface area contributed by atoms with E-state index in [1.807, 2.05) is 0 Å². The van der Waals surface area contributed by atoms with Gasteiger partial charge in [0.2, 0.25) is 0 Å². The molecular weight excluding hydrogens is 325 g/mol. The summed E-state index contributed by atoms with van der Waals surface area (Å²) in [7, 11) is -3.85. The van der Waals surface area contributed by atoms with Gasteiger partial charge in [-0.3, -0.25) is 18.7 Å². The van der Waals surface area contributed by atoms with Crippen molar-refractivity contribution < 1.29 is 52.1 Å². The average Bonchev–Trinajstić information content (AvgIpc) is 2.62. The van der Waals surface area contributed by atoms with Gasteiger partial charge in [-0.2, -0.15) is 0 Å². The molecule has 0 fully saturated rings. The van der Waals surface area contributed by atoms with E-state index in [-0.39, 0.29) is 54.5 Å². The summed E-state index contributed by atoms with van der Waals surface area (Å²) in [6.45, 7) is 0.183. The Kier molecular flexibility index (Phi) is 6.92. The maximum atomic E-state index is 12.0. The summed E-state index contributed by atoms with van der Waals surface area (Å²) in [5.41, 5.74) is 0.809. The number of benzene rings is 1. The van der Waals surface area contributed by atoms with Crippen LogP contribution in [-0.2, 0) is 24.4 Å². The smallest absolute Gasteiger partial charge is 0.748 e. The Hall–Kier alpha value is -0.350. The number of unbranched alkanes of at least 4 members (excludes halogenated alkanes) is 1. The molecule has 1 aliphatic rings. The van der Waals surface area contributed by atoms with E-state index in [2.05, 4.69) is 15.4 Å². The van der Waals surface area contributed by atoms with Crippen LogP contribution in [0.15, 0.2) is 24.3 Å². The van der Waals surface area contributed by atoms with Gasteiger partial charge in [0.05, 0.1) is 26.8 Å². The molecular formula is C12H12NNaO5S2. The molecule has 21 heavy (non-hydrogen) atoms. The minimum Gasteiger partial charge on any atom is -0.748 e. The normalized spacial score (nSPS) is 16.3. The molecule has 1 aromatic carbocycles. The van der Waals surface area contributed by atoms with Gasteiger partial charge in [0, 0.05) is 6.54 Å². The van der Waals surface area contributed by atoms with Crippen LogP contribution in [0, 0.1) is 0 Å². The summed E-state index contributed by atoms with van der Waals surface area (Å²) in [6, 6.07) is 6.64. The number of nitrogens with zero attached hydrogens (tertiary/aromatic N) is 1. The van der Waals surface area contributed by atoms with Crippen molar-refractivity contribution in [1.29, 1.82) is 0 Å². The van der Waals surface area contributed by atoms with Crippen molar-refractivity contribution in [3.8, 4) is 0 Å². The number of hydrogen-bond acceptors (Lipinski definition) is 6. The predicted molar refractivity (Wildman–Crippen MR) is 73.3 cm³/mol. The fraction of sp³-hybridized carbons (Fsp3) is 0.333. The van der Waals surface area contributed by atoms with E-state index in [9.17, 15) is 18.4 Å². The van der Waals surface area contributed by atoms with Crippen LogP contribution in [0.25, 0.3) is 0 Å². The van der Waals surface area contributed by atoms with Crippen LogP contribution in [0.3, 0.4) is 0 Å². The van der Waals surface area contributed by atoms with Crippen molar-refractivity contribution in [2.75, 3.05) is 13.2 Å². The zero-order valence-corrected chi connectivity index (χ0v) is 15.1. The maximum absolute atomic E-state index is 12.0. The number of hydrogen-bond donors (Lipinski definition) is 0. The molecule has 108 valence electrons. The van der Waals surface area contributed by atoms with Crippen molar-refractivity contribution in [2.45, 2.75) is 12.8 Å². The van der Waals surface area contributed by atoms with Gasteiger partial charge in [-0.1, -0.05) is 12.1 Å². The molecule has 1 atom stereocenters. The van der Waals surface area contributed by atoms with Gasteiger partial charge in [0.25, 0.3) is 11.8 Å². The van der Waals surface area contributed by atoms with Crippen LogP contribution < -0.4 is 29.6 Å². The van der Waals surface area contributed by atoms with Crippen LogP contribution in [0.4, 0.5) is 0 Å². The fourth-order valence-electron chi connectivity index (χ4n) is 1.98. The topological polar surface area (TPSA) is 86.7 Å². The predicted octanol–water partition coefficient (Wildman–Crippen LogP) is -2.12. The maximum Gasteiger partial charge on any atom is 1.00 e. The number of amides is 2. The third-order valence-electron chi connectivity index (χ3n) is 2.88. The van der Waals surface area contributed by atoms with Crippen LogP contribution in [0.1, 0.15) is 33.6 Å². The van der Waals surface area contributed by atoms with Gasteiger partial charge in [-0.25, -0.2) is 4.21 Å². The van der Waals surface area contributed by atoms with E-state index in [1.165, 1.54) is 0 Å². The van der Waals surface area contributed by atoms with E-state index in [0.29, 0.717) is 24.0 Å². The molecule has 2 rings (SSSR count). The molecule has 0 aromatic heterocycles. The second-order valence-corrected chi connectivity index (χ2v) is 6.52. The monoisotopic (exact) mass is 337 g/mol. The molecule has 1 heterocycles. The summed E-state index contributed by atoms with van der Waals surface area (Å²) >= 11 is 4.06. The summed E-state index contributed by atoms with van der Waals surface area (Å²) in [6.07, 6.45) is 0.847. The molecule has 0 N–H and O–H groups in total. The zero-order chi connectivity index (χ0) is 14.8. The van der Waals surface area contributed by atoms with Crippen molar-refractivity contribution >= 4 is 32.1 Å². The summed E-state index contributed by atoms with van der Waals surface area (Å²) < 4.78 is 25.6. The Morgan fingerprint density at radius 1 is 1.14 bits per heavy atom. The van der Waals surface area contributed by atoms with Crippen molar-refractivity contribution in [2.24, 2.45) is 0 Å². The van der Waals surface area contributed by atoms with E-state index >= 15 is 0 Å². The van der Waals surface area contributed by atoms with Crippen LogP contribution in [0.5, 0.6) is 0 Å². The Morgan fingerprint density at radius 2 is 1.67 bits per heavy atom. The van der Waals surface area contributed by atoms with Gasteiger partial charge < -0.3 is 4.55 Å². The number of imide groups is 1. The molecule has 0 aliphatic carbocycles. The van der Waals surface area contributed by atoms with Gasteiger partial charge >= 0.3 is 29.6 Å². The number of rotatable bonds is 6. The fourth-order valence-corrected chi connectivity index (χ4v) is 2.50. The quantitative estimate of drug-likeness (QED) is 0.335. The van der Waals surface area contributed by atoms with Crippen LogP contribution in [0.2, 0.25) is 0 Å². The molecule has 0 radical (unpaired) electrons. The minimum atomic E-state index is -3.85. The van der Waals surface area contributed by atoms with Gasteiger partial charge in [0.15, 0.2) is 0 Å². The Balaban J connectivity index is 0.00000220. The summed E-state index contributed by atoms with van der Waals surface area (Å²) in [5, 5.41) is 0. The van der Waals surface area contributed by atoms with Crippen molar-refractivity contribution in [3.05, 3.63) is 35.4 Å². The number of carbonyl (C=O) groups excluding carboxylic acids is 2. The van der Waals surface area contributed by atoms with E-state index in [4.69, 9.17) is 0 Å². The minimum absolute atomic E-state index is 0. The number of carbonyl (C=O) groups is 2. The van der Waals surface area contributed by atoms with Crippen molar-refractivity contribution in [1.82, 2.24) is 4.90 Å². The van der Waals surface area contributed by atoms with Gasteiger partial charge in [-0.15, -0.1) is 0 Å². The van der Waals surface area contributed by atoms with E-state index in [1.54, 1.807) is 24.3 Å². The molecule has 1 unspecified atom stereocenters. The molecule has 9 heteroatoms. The Bertz CT molecular complexity index is 612. The molecule has 1 aliphatic heterocycles. The van der Waals surface area contributed by atoms with Gasteiger partial charge in [-0.05, 0) is 36.2 Å². The molecule has 0 saturated heterocycles. The standard InChI is InChI=1S/C12H13NO5S2.Na/c14-11-9-5-1-2-6-10(9)12(15)13(11)7-3-4-8-18-20(16,17)19;/h1-2,5-6H,3-4,7-8H2,(H,16,17,19);/q;+1/p-1. The Morgan fingerprint density at radius 3 is 2.14 bits per heavy atom. The molecule has 1 aromatic rings. The second-order valence-electron chi connectivity index (χ2n) is 4.24. The molecule has 0 spiro atoms. The third kappa shape index (κ3) is 4.82. The number of fused-ring (bicyclic) bond motifs is 1. The first-order chi connectivity index (χ1) is 9.40. The first kappa shape index (κ1) is 18.7. The first-order valence-electron chi connectivity index (χ1n) is 5.95. The molecule has 2 amide bonds. The molecule has 6 nitrogen and oxygen atoms in total. The largest absolute Gasteiger partial charge is 1.00 e. The summed E-state index contributed by atoms with van der Waals surface area (Å²) in [4.78, 5) is 25.1. The Labute approximate surface area is 149 Å². The zero-order valence-electron chi connectivity index (χ0n) is 11.4. The molecule has 0 saturated carbocycles. The summed E-state index contributed by atoms with van der Waals surface area (Å²) in [5.74, 6) is -0.634. The van der Waals surface area contributed by atoms with E-state index < -0.39 is 9.05 Å². The van der Waals surface area contributed by atoms with Crippen LogP contribution in [-0.4, -0.2) is 38.6 Å². The van der Waals surface area contributed by atoms with E-state index in [0.717, 1.165) is 4.90 Å².